The van der Waals surface area contributed by atoms with E-state index in [1.54, 1.807) is 58.0 Å². The molecule has 0 aromatic heterocycles. The van der Waals surface area contributed by atoms with Crippen molar-refractivity contribution in [2.45, 2.75) is 44.7 Å². The van der Waals surface area contributed by atoms with Gasteiger partial charge in [-0.05, 0) is 63.1 Å². The predicted molar refractivity (Wildman–Crippen MR) is 110 cm³/mol. The molecule has 0 saturated heterocycles. The number of carbonyl (C=O) groups is 2. The van der Waals surface area contributed by atoms with Crippen LogP contribution in [0.5, 0.6) is 0 Å². The summed E-state index contributed by atoms with van der Waals surface area (Å²) in [7, 11) is -2.44. The number of hydrogen-bond acceptors (Lipinski definition) is 5. The molecule has 2 aromatic carbocycles. The van der Waals surface area contributed by atoms with E-state index in [9.17, 15) is 18.0 Å². The molecular weight excluding hydrogens is 392 g/mol. The van der Waals surface area contributed by atoms with Crippen molar-refractivity contribution in [2.24, 2.45) is 0 Å². The Bertz CT molecular complexity index is 1010. The van der Waals surface area contributed by atoms with Gasteiger partial charge in [-0.2, -0.15) is 0 Å². The second-order valence-corrected chi connectivity index (χ2v) is 9.39. The molecule has 0 unspecified atom stereocenters. The molecule has 2 N–H and O–H groups in total. The van der Waals surface area contributed by atoms with Crippen molar-refractivity contribution >= 4 is 21.9 Å². The number of esters is 1. The maximum absolute atomic E-state index is 12.6. The van der Waals surface area contributed by atoms with E-state index >= 15 is 0 Å². The van der Waals surface area contributed by atoms with E-state index in [-0.39, 0.29) is 22.9 Å². The molecule has 2 aromatic rings. The number of methoxy groups -OCH3 is 1. The molecule has 0 bridgehead atoms. The van der Waals surface area contributed by atoms with Crippen molar-refractivity contribution < 1.29 is 22.7 Å². The second-order valence-electron chi connectivity index (χ2n) is 7.70. The number of nitrogens with one attached hydrogen (secondary N) is 2. The van der Waals surface area contributed by atoms with E-state index < -0.39 is 21.5 Å². The van der Waals surface area contributed by atoms with Gasteiger partial charge in [0, 0.05) is 17.6 Å². The van der Waals surface area contributed by atoms with Crippen LogP contribution in [0.1, 0.15) is 52.6 Å². The minimum Gasteiger partial charge on any atom is -0.465 e. The van der Waals surface area contributed by atoms with E-state index in [4.69, 9.17) is 0 Å². The monoisotopic (exact) mass is 418 g/mol. The first-order valence-corrected chi connectivity index (χ1v) is 10.5. The molecule has 0 atom stereocenters. The fraction of sp³-hybridized carbons (Fsp3) is 0.333. The molecule has 1 amide bonds. The van der Waals surface area contributed by atoms with Crippen LogP contribution in [0, 0.1) is 6.92 Å². The van der Waals surface area contributed by atoms with E-state index in [1.165, 1.54) is 19.2 Å². The largest absolute Gasteiger partial charge is 0.465 e. The van der Waals surface area contributed by atoms with Gasteiger partial charge in [0.15, 0.2) is 0 Å². The van der Waals surface area contributed by atoms with Crippen LogP contribution in [0.2, 0.25) is 0 Å². The molecule has 0 spiro atoms. The number of aryl methyl sites for hydroxylation is 1. The Kier molecular flexibility index (Phi) is 6.81. The number of sulfonamides is 1. The highest BCUT2D eigenvalue weighted by Gasteiger charge is 2.23. The molecule has 156 valence electrons. The van der Waals surface area contributed by atoms with E-state index in [0.717, 1.165) is 5.56 Å². The smallest absolute Gasteiger partial charge is 0.337 e. The molecule has 0 aliphatic heterocycles. The maximum Gasteiger partial charge on any atom is 0.337 e. The normalized spacial score (nSPS) is 11.8. The average Bonchev–Trinajstić information content (AvgIpc) is 2.64. The van der Waals surface area contributed by atoms with Gasteiger partial charge < -0.3 is 10.1 Å². The Hall–Kier alpha value is -2.71. The molecule has 2 rings (SSSR count). The summed E-state index contributed by atoms with van der Waals surface area (Å²) in [4.78, 5) is 24.1. The van der Waals surface area contributed by atoms with Crippen LogP contribution in [-0.2, 0) is 21.3 Å². The number of benzene rings is 2. The van der Waals surface area contributed by atoms with Gasteiger partial charge in [0.25, 0.3) is 5.91 Å². The lowest BCUT2D eigenvalue weighted by Gasteiger charge is -2.20. The molecule has 0 radical (unpaired) electrons. The van der Waals surface area contributed by atoms with Gasteiger partial charge in [-0.15, -0.1) is 0 Å². The Labute approximate surface area is 171 Å². The quantitative estimate of drug-likeness (QED) is 0.703. The molecule has 0 aliphatic carbocycles. The second kappa shape index (κ2) is 8.75. The topological polar surface area (TPSA) is 102 Å². The van der Waals surface area contributed by atoms with Gasteiger partial charge in [0.1, 0.15) is 0 Å². The molecule has 29 heavy (non-hydrogen) atoms. The van der Waals surface area contributed by atoms with Crippen LogP contribution in [-0.4, -0.2) is 32.9 Å². The average molecular weight is 419 g/mol. The summed E-state index contributed by atoms with van der Waals surface area (Å²) in [5.41, 5.74) is 1.53. The third-order valence-electron chi connectivity index (χ3n) is 4.03. The number of carbonyl (C=O) groups excluding carboxylic acids is 2. The van der Waals surface area contributed by atoms with Gasteiger partial charge in [-0.3, -0.25) is 4.79 Å². The van der Waals surface area contributed by atoms with Crippen molar-refractivity contribution in [1.82, 2.24) is 10.0 Å². The fourth-order valence-electron chi connectivity index (χ4n) is 2.63. The van der Waals surface area contributed by atoms with E-state index in [2.05, 4.69) is 14.8 Å². The van der Waals surface area contributed by atoms with Crippen LogP contribution < -0.4 is 10.0 Å². The first-order chi connectivity index (χ1) is 13.4. The van der Waals surface area contributed by atoms with Crippen molar-refractivity contribution in [3.63, 3.8) is 0 Å². The van der Waals surface area contributed by atoms with Gasteiger partial charge in [-0.1, -0.05) is 18.2 Å². The van der Waals surface area contributed by atoms with Crippen molar-refractivity contribution in [1.29, 1.82) is 0 Å². The van der Waals surface area contributed by atoms with E-state index in [0.29, 0.717) is 11.1 Å². The maximum atomic E-state index is 12.6. The summed E-state index contributed by atoms with van der Waals surface area (Å²) in [5, 5.41) is 2.78. The van der Waals surface area contributed by atoms with E-state index in [1.807, 2.05) is 0 Å². The molecule has 0 saturated carbocycles. The Balaban J connectivity index is 2.16. The third kappa shape index (κ3) is 6.13. The number of ether oxygens (including phenoxy) is 1. The summed E-state index contributed by atoms with van der Waals surface area (Å²) in [6.45, 7) is 7.22. The highest BCUT2D eigenvalue weighted by Crippen LogP contribution is 2.18. The van der Waals surface area contributed by atoms with Gasteiger partial charge in [0.05, 0.1) is 17.6 Å². The summed E-state index contributed by atoms with van der Waals surface area (Å²) < 4.78 is 32.3. The van der Waals surface area contributed by atoms with Crippen LogP contribution in [0.4, 0.5) is 0 Å². The number of hydrogen-bond donors (Lipinski definition) is 2. The first kappa shape index (κ1) is 22.6. The Morgan fingerprint density at radius 3 is 2.21 bits per heavy atom. The summed E-state index contributed by atoms with van der Waals surface area (Å²) in [5.74, 6) is -0.814. The van der Waals surface area contributed by atoms with Gasteiger partial charge >= 0.3 is 5.97 Å². The van der Waals surface area contributed by atoms with Crippen LogP contribution >= 0.6 is 0 Å². The van der Waals surface area contributed by atoms with Crippen molar-refractivity contribution in [2.75, 3.05) is 7.11 Å². The molecule has 0 aliphatic rings. The zero-order valence-electron chi connectivity index (χ0n) is 17.2. The standard InChI is InChI=1S/C21H26N2O5S/c1-14-6-11-17(29(26,27)23-21(2,3)4)12-18(14)19(24)22-13-15-7-9-16(10-8-15)20(25)28-5/h6-12,23H,13H2,1-5H3,(H,22,24). The van der Waals surface area contributed by atoms with Crippen molar-refractivity contribution in [3.8, 4) is 0 Å². The lowest BCUT2D eigenvalue weighted by molar-refractivity contribution is 0.0600. The molecule has 0 heterocycles. The molecular formula is C21H26N2O5S. The molecule has 8 heteroatoms. The summed E-state index contributed by atoms with van der Waals surface area (Å²) >= 11 is 0. The highest BCUT2D eigenvalue weighted by atomic mass is 32.2. The first-order valence-electron chi connectivity index (χ1n) is 9.03. The van der Waals surface area contributed by atoms with Crippen molar-refractivity contribution in [3.05, 3.63) is 64.7 Å². The summed E-state index contributed by atoms with van der Waals surface area (Å²) in [6.07, 6.45) is 0. The zero-order valence-corrected chi connectivity index (χ0v) is 18.0. The third-order valence-corrected chi connectivity index (χ3v) is 5.79. The van der Waals surface area contributed by atoms with Gasteiger partial charge in [-0.25, -0.2) is 17.9 Å². The minimum atomic E-state index is -3.75. The van der Waals surface area contributed by atoms with Crippen LogP contribution in [0.3, 0.4) is 0 Å². The van der Waals surface area contributed by atoms with Crippen LogP contribution in [0.25, 0.3) is 0 Å². The lowest BCUT2D eigenvalue weighted by Crippen LogP contribution is -2.40. The zero-order chi connectivity index (χ0) is 21.8. The fourth-order valence-corrected chi connectivity index (χ4v) is 4.07. The number of rotatable bonds is 6. The molecule has 7 nitrogen and oxygen atoms in total. The SMILES string of the molecule is COC(=O)c1ccc(CNC(=O)c2cc(S(=O)(=O)NC(C)(C)C)ccc2C)cc1. The Morgan fingerprint density at radius 1 is 1.03 bits per heavy atom. The van der Waals surface area contributed by atoms with Gasteiger partial charge in [0.2, 0.25) is 10.0 Å². The summed E-state index contributed by atoms with van der Waals surface area (Å²) in [6, 6.07) is 11.1. The minimum absolute atomic E-state index is 0.0330. The lowest BCUT2D eigenvalue weighted by atomic mass is 10.1. The Morgan fingerprint density at radius 2 is 1.66 bits per heavy atom. The van der Waals surface area contributed by atoms with Crippen LogP contribution in [0.15, 0.2) is 47.4 Å². The highest BCUT2D eigenvalue weighted by molar-refractivity contribution is 7.89. The number of amides is 1. The predicted octanol–water partition coefficient (Wildman–Crippen LogP) is 2.79. The molecule has 0 fully saturated rings.